The number of aromatic nitrogens is 3. The molecule has 4 rings (SSSR count). The van der Waals surface area contributed by atoms with Gasteiger partial charge in [-0.15, -0.1) is 0 Å². The Morgan fingerprint density at radius 3 is 2.56 bits per heavy atom. The highest BCUT2D eigenvalue weighted by Crippen LogP contribution is 2.27. The van der Waals surface area contributed by atoms with E-state index in [-0.39, 0.29) is 5.56 Å². The van der Waals surface area contributed by atoms with Gasteiger partial charge in [-0.25, -0.2) is 4.68 Å². The van der Waals surface area contributed by atoms with Gasteiger partial charge in [-0.05, 0) is 30.7 Å². The van der Waals surface area contributed by atoms with Crippen molar-refractivity contribution in [3.8, 4) is 5.69 Å². The number of rotatable bonds is 4. The van der Waals surface area contributed by atoms with E-state index < -0.39 is 0 Å². The summed E-state index contributed by atoms with van der Waals surface area (Å²) in [5, 5.41) is 0. The number of nitrogens with zero attached hydrogens (tertiary/aromatic N) is 4. The van der Waals surface area contributed by atoms with Gasteiger partial charge in [0.2, 0.25) is 0 Å². The zero-order valence-corrected chi connectivity index (χ0v) is 14.6. The summed E-state index contributed by atoms with van der Waals surface area (Å²) in [4.78, 5) is 19.5. The third-order valence-corrected chi connectivity index (χ3v) is 5.17. The summed E-state index contributed by atoms with van der Waals surface area (Å²) >= 11 is 0. The molecular formula is C20H22N4O. The normalized spacial score (nSPS) is 15.3. The maximum absolute atomic E-state index is 12.9. The van der Waals surface area contributed by atoms with Crippen LogP contribution in [0.5, 0.6) is 0 Å². The number of likely N-dealkylation sites (tertiary alicyclic amines) is 1. The molecule has 5 nitrogen and oxygen atoms in total. The van der Waals surface area contributed by atoms with Gasteiger partial charge in [0.25, 0.3) is 5.56 Å². The Bertz CT molecular complexity index is 922. The number of benzene rings is 1. The largest absolute Gasteiger partial charge is 0.297 e. The zero-order valence-electron chi connectivity index (χ0n) is 14.6. The molecule has 1 saturated heterocycles. The van der Waals surface area contributed by atoms with Crippen LogP contribution in [0.1, 0.15) is 22.7 Å². The molecule has 1 aliphatic heterocycles. The van der Waals surface area contributed by atoms with E-state index in [1.807, 2.05) is 61.2 Å². The highest BCUT2D eigenvalue weighted by atomic mass is 16.1. The fraction of sp³-hybridized carbons (Fsp3) is 0.300. The molecule has 0 aliphatic carbocycles. The van der Waals surface area contributed by atoms with Gasteiger partial charge in [0, 0.05) is 50.7 Å². The average Bonchev–Trinajstić information content (AvgIpc) is 2.82. The maximum atomic E-state index is 12.9. The molecule has 1 aromatic carbocycles. The van der Waals surface area contributed by atoms with Crippen LogP contribution >= 0.6 is 0 Å². The molecule has 0 amide bonds. The van der Waals surface area contributed by atoms with Crippen LogP contribution in [-0.4, -0.2) is 32.3 Å². The van der Waals surface area contributed by atoms with E-state index in [2.05, 4.69) is 16.0 Å². The third-order valence-electron chi connectivity index (χ3n) is 5.17. The summed E-state index contributed by atoms with van der Waals surface area (Å²) < 4.78 is 3.70. The zero-order chi connectivity index (χ0) is 17.4. The van der Waals surface area contributed by atoms with Gasteiger partial charge in [-0.3, -0.25) is 19.4 Å². The van der Waals surface area contributed by atoms with E-state index in [0.717, 1.165) is 30.0 Å². The molecule has 25 heavy (non-hydrogen) atoms. The number of hydrogen-bond donors (Lipinski definition) is 0. The first-order chi connectivity index (χ1) is 12.1. The first kappa shape index (κ1) is 15.8. The summed E-state index contributed by atoms with van der Waals surface area (Å²) in [7, 11) is 1.95. The fourth-order valence-electron chi connectivity index (χ4n) is 3.56. The lowest BCUT2D eigenvalue weighted by Gasteiger charge is -2.39. The van der Waals surface area contributed by atoms with Crippen molar-refractivity contribution in [3.05, 3.63) is 82.0 Å². The fourth-order valence-corrected chi connectivity index (χ4v) is 3.56. The molecule has 0 unspecified atom stereocenters. The van der Waals surface area contributed by atoms with E-state index >= 15 is 0 Å². The number of hydrogen-bond acceptors (Lipinski definition) is 3. The summed E-state index contributed by atoms with van der Waals surface area (Å²) in [6.45, 7) is 4.68. The van der Waals surface area contributed by atoms with E-state index in [9.17, 15) is 4.79 Å². The summed E-state index contributed by atoms with van der Waals surface area (Å²) in [6, 6.07) is 13.9. The molecule has 3 heterocycles. The van der Waals surface area contributed by atoms with Crippen molar-refractivity contribution in [2.24, 2.45) is 7.05 Å². The molecule has 2 aromatic heterocycles. The van der Waals surface area contributed by atoms with Gasteiger partial charge in [-0.2, -0.15) is 0 Å². The van der Waals surface area contributed by atoms with Gasteiger partial charge in [0.1, 0.15) is 0 Å². The van der Waals surface area contributed by atoms with Crippen LogP contribution in [0.3, 0.4) is 0 Å². The highest BCUT2D eigenvalue weighted by molar-refractivity contribution is 5.33. The van der Waals surface area contributed by atoms with E-state index in [0.29, 0.717) is 12.5 Å². The molecule has 0 atom stereocenters. The second kappa shape index (κ2) is 6.33. The van der Waals surface area contributed by atoms with Crippen LogP contribution in [0.25, 0.3) is 5.69 Å². The standard InChI is InChI=1S/C20H22N4O/c1-15-19(14-23-12-17(13-23)16-7-6-10-21-11-16)20(25)24(22(15)2)18-8-4-3-5-9-18/h3-11,17H,12-14H2,1-2H3. The Hall–Kier alpha value is -2.66. The molecular weight excluding hydrogens is 312 g/mol. The van der Waals surface area contributed by atoms with Crippen molar-refractivity contribution in [1.82, 2.24) is 19.2 Å². The molecule has 0 N–H and O–H groups in total. The topological polar surface area (TPSA) is 43.1 Å². The van der Waals surface area contributed by atoms with Gasteiger partial charge in [0.05, 0.1) is 11.3 Å². The van der Waals surface area contributed by atoms with Gasteiger partial charge in [-0.1, -0.05) is 24.3 Å². The van der Waals surface area contributed by atoms with Crippen molar-refractivity contribution in [3.63, 3.8) is 0 Å². The van der Waals surface area contributed by atoms with Crippen molar-refractivity contribution in [2.45, 2.75) is 19.4 Å². The first-order valence-corrected chi connectivity index (χ1v) is 8.60. The quantitative estimate of drug-likeness (QED) is 0.736. The predicted molar refractivity (Wildman–Crippen MR) is 98.0 cm³/mol. The lowest BCUT2D eigenvalue weighted by Crippen LogP contribution is -2.45. The molecule has 128 valence electrons. The molecule has 1 fully saturated rings. The Balaban J connectivity index is 1.54. The van der Waals surface area contributed by atoms with Crippen LogP contribution in [0.2, 0.25) is 0 Å². The molecule has 1 aliphatic rings. The van der Waals surface area contributed by atoms with Crippen LogP contribution < -0.4 is 5.56 Å². The Kier molecular flexibility index (Phi) is 4.01. The van der Waals surface area contributed by atoms with Crippen LogP contribution in [-0.2, 0) is 13.6 Å². The molecule has 0 radical (unpaired) electrons. The second-order valence-electron chi connectivity index (χ2n) is 6.72. The molecule has 0 bridgehead atoms. The van der Waals surface area contributed by atoms with E-state index in [1.54, 1.807) is 10.9 Å². The monoisotopic (exact) mass is 334 g/mol. The molecule has 3 aromatic rings. The van der Waals surface area contributed by atoms with E-state index in [4.69, 9.17) is 0 Å². The Labute approximate surface area is 147 Å². The minimum Gasteiger partial charge on any atom is -0.297 e. The second-order valence-corrected chi connectivity index (χ2v) is 6.72. The average molecular weight is 334 g/mol. The van der Waals surface area contributed by atoms with Crippen molar-refractivity contribution in [2.75, 3.05) is 13.1 Å². The summed E-state index contributed by atoms with van der Waals surface area (Å²) in [5.74, 6) is 0.522. The van der Waals surface area contributed by atoms with Gasteiger partial charge in [0.15, 0.2) is 0 Å². The lowest BCUT2D eigenvalue weighted by molar-refractivity contribution is 0.139. The van der Waals surface area contributed by atoms with E-state index in [1.165, 1.54) is 5.56 Å². The molecule has 0 spiro atoms. The summed E-state index contributed by atoms with van der Waals surface area (Å²) in [5.41, 5.74) is 4.18. The first-order valence-electron chi connectivity index (χ1n) is 8.60. The van der Waals surface area contributed by atoms with Crippen LogP contribution in [0.4, 0.5) is 0 Å². The summed E-state index contributed by atoms with van der Waals surface area (Å²) in [6.07, 6.45) is 3.75. The van der Waals surface area contributed by atoms with Crippen LogP contribution in [0, 0.1) is 6.92 Å². The Morgan fingerprint density at radius 2 is 1.88 bits per heavy atom. The van der Waals surface area contributed by atoms with Crippen molar-refractivity contribution >= 4 is 0 Å². The minimum atomic E-state index is 0.0797. The SMILES string of the molecule is Cc1c(CN2CC(c3cccnc3)C2)c(=O)n(-c2ccccc2)n1C. The minimum absolute atomic E-state index is 0.0797. The predicted octanol–water partition coefficient (Wildman–Crippen LogP) is 2.48. The highest BCUT2D eigenvalue weighted by Gasteiger charge is 2.30. The molecule has 5 heteroatoms. The van der Waals surface area contributed by atoms with Crippen LogP contribution in [0.15, 0.2) is 59.7 Å². The lowest BCUT2D eigenvalue weighted by atomic mass is 9.92. The Morgan fingerprint density at radius 1 is 1.12 bits per heavy atom. The van der Waals surface area contributed by atoms with Crippen molar-refractivity contribution in [1.29, 1.82) is 0 Å². The molecule has 0 saturated carbocycles. The van der Waals surface area contributed by atoms with Gasteiger partial charge < -0.3 is 0 Å². The number of pyridine rings is 1. The van der Waals surface area contributed by atoms with Crippen molar-refractivity contribution < 1.29 is 0 Å². The smallest absolute Gasteiger partial charge is 0.276 e. The third kappa shape index (κ3) is 2.81. The maximum Gasteiger partial charge on any atom is 0.276 e. The number of para-hydroxylation sites is 1. The van der Waals surface area contributed by atoms with Gasteiger partial charge >= 0.3 is 0 Å².